The van der Waals surface area contributed by atoms with E-state index in [1.54, 1.807) is 0 Å². The SMILES string of the molecule is C.C1=Cc2ccc3c4c2N(c2ccccc21)c1cccc2c1C4([n+]1ccccc1-2)[n+]1ccccc1-3.[Pt+2].[c-]1c(-c2ccccn2)ccc2c1N(c1[c-]c3c(cc1)c1ccccc1n3-c1ccccn1)c1ccccc1C=C2. The molecule has 12 aromatic rings. The fourth-order valence-electron chi connectivity index (χ4n) is 12.5. The summed E-state index contributed by atoms with van der Waals surface area (Å²) in [5, 5.41) is 2.31. The van der Waals surface area contributed by atoms with Crippen LogP contribution in [0.1, 0.15) is 40.8 Å². The van der Waals surface area contributed by atoms with Gasteiger partial charge in [0, 0.05) is 47.9 Å². The molecule has 0 N–H and O–H groups in total. The van der Waals surface area contributed by atoms with Crippen molar-refractivity contribution in [1.82, 2.24) is 14.5 Å². The summed E-state index contributed by atoms with van der Waals surface area (Å²) in [6.07, 6.45) is 17.1. The van der Waals surface area contributed by atoms with Crippen molar-refractivity contribution >= 4 is 80.2 Å². The Morgan fingerprint density at radius 3 is 1.83 bits per heavy atom. The van der Waals surface area contributed by atoms with Gasteiger partial charge < -0.3 is 19.4 Å². The maximum atomic E-state index is 4.70. The van der Waals surface area contributed by atoms with Crippen LogP contribution in [0, 0.1) is 12.1 Å². The van der Waals surface area contributed by atoms with Crippen molar-refractivity contribution in [3.05, 3.63) is 270 Å². The standard InChI is InChI=1S/C36H22N4.C31H19N3.CH4.Pt/c1-3-12-32-25(9-1)15-16-26-17-18-27(31-11-5-7-21-37-31)23-34(26)39(32)28-19-20-30-29-10-2-4-13-33(29)40(35(30)24-28)36-14-6-8-22-38-36;1-2-10-24-20(8-1)14-15-21-16-17-23-26-12-4-6-19-33(26)31-28-22(25-11-3-5-18-32(25)31)9-7-13-27(28)34(24)30(21)29(23)31;;/h1-22H;1-19H;1H4;/q-2;+2;;+2. The maximum Gasteiger partial charge on any atom is 2.00 e. The number of para-hydroxylation sites is 3. The Morgan fingerprint density at radius 1 is 0.447 bits per heavy atom. The van der Waals surface area contributed by atoms with E-state index < -0.39 is 5.66 Å². The molecule has 7 nitrogen and oxygen atoms in total. The minimum Gasteiger partial charge on any atom is -0.351 e. The number of aromatic nitrogens is 5. The number of benzene rings is 7. The molecule has 5 aliphatic rings. The molecule has 17 rings (SSSR count). The third kappa shape index (κ3) is 6.27. The first kappa shape index (κ1) is 45.3. The largest absolute Gasteiger partial charge is 2.00 e. The van der Waals surface area contributed by atoms with Gasteiger partial charge in [0.15, 0.2) is 12.4 Å². The molecule has 1 spiro atoms. The van der Waals surface area contributed by atoms with E-state index in [1.165, 1.54) is 67.2 Å². The molecule has 0 saturated heterocycles. The molecule has 7 aromatic carbocycles. The summed E-state index contributed by atoms with van der Waals surface area (Å²) in [5.41, 5.74) is 22.8. The molecule has 1 atom stereocenters. The topological polar surface area (TPSA) is 45.0 Å². The van der Waals surface area contributed by atoms with Crippen molar-refractivity contribution in [2.45, 2.75) is 13.1 Å². The molecule has 0 fully saturated rings. The summed E-state index contributed by atoms with van der Waals surface area (Å²) in [4.78, 5) is 14.1. The van der Waals surface area contributed by atoms with Gasteiger partial charge in [0.05, 0.1) is 28.2 Å². The summed E-state index contributed by atoms with van der Waals surface area (Å²) >= 11 is 0. The second-order valence-corrected chi connectivity index (χ2v) is 19.2. The van der Waals surface area contributed by atoms with Crippen LogP contribution in [-0.4, -0.2) is 14.5 Å². The predicted molar refractivity (Wildman–Crippen MR) is 303 cm³/mol. The molecule has 10 heterocycles. The number of anilines is 6. The van der Waals surface area contributed by atoms with Gasteiger partial charge in [0.1, 0.15) is 16.9 Å². The van der Waals surface area contributed by atoms with Crippen molar-refractivity contribution in [2.24, 2.45) is 0 Å². The smallest absolute Gasteiger partial charge is 0.351 e. The van der Waals surface area contributed by atoms with Crippen molar-refractivity contribution in [1.29, 1.82) is 0 Å². The van der Waals surface area contributed by atoms with Crippen molar-refractivity contribution < 1.29 is 30.2 Å². The second kappa shape index (κ2) is 17.4. The number of fused-ring (bicyclic) bond motifs is 12. The summed E-state index contributed by atoms with van der Waals surface area (Å²) in [6.45, 7) is 0. The first-order chi connectivity index (χ1) is 36.7. The first-order valence-electron chi connectivity index (χ1n) is 25.1. The van der Waals surface area contributed by atoms with Gasteiger partial charge in [-0.2, -0.15) is 6.07 Å². The molecular formula is C68H45N7Pt+2. The summed E-state index contributed by atoms with van der Waals surface area (Å²) < 4.78 is 7.19. The fourth-order valence-corrected chi connectivity index (χ4v) is 12.5. The minimum absolute atomic E-state index is 0. The van der Waals surface area contributed by atoms with Crippen molar-refractivity contribution in [2.75, 3.05) is 9.80 Å². The van der Waals surface area contributed by atoms with Crippen LogP contribution in [0.5, 0.6) is 0 Å². The Labute approximate surface area is 455 Å². The van der Waals surface area contributed by atoms with Crippen LogP contribution >= 0.6 is 0 Å². The average Bonchev–Trinajstić information content (AvgIpc) is 3.84. The molecule has 1 unspecified atom stereocenters. The molecule has 5 aliphatic heterocycles. The van der Waals surface area contributed by atoms with E-state index >= 15 is 0 Å². The zero-order valence-corrected chi connectivity index (χ0v) is 42.4. The molecule has 5 aromatic heterocycles. The molecule has 0 amide bonds. The molecule has 0 saturated carbocycles. The van der Waals surface area contributed by atoms with E-state index in [-0.39, 0.29) is 28.5 Å². The van der Waals surface area contributed by atoms with Gasteiger partial charge in [-0.1, -0.05) is 133 Å². The summed E-state index contributed by atoms with van der Waals surface area (Å²) in [6, 6.07) is 78.3. The van der Waals surface area contributed by atoms with Gasteiger partial charge >= 0.3 is 26.7 Å². The van der Waals surface area contributed by atoms with E-state index in [0.717, 1.165) is 61.7 Å². The van der Waals surface area contributed by atoms with E-state index in [9.17, 15) is 0 Å². The number of nitrogens with zero attached hydrogens (tertiary/aromatic N) is 7. The molecular weight excluding hydrogens is 1110 g/mol. The van der Waals surface area contributed by atoms with Crippen molar-refractivity contribution in [3.63, 3.8) is 0 Å². The van der Waals surface area contributed by atoms with Gasteiger partial charge in [0.25, 0.3) is 0 Å². The first-order valence-corrected chi connectivity index (χ1v) is 25.1. The fraction of sp³-hybridized carbons (Fsp3) is 0.0294. The summed E-state index contributed by atoms with van der Waals surface area (Å²) in [7, 11) is 0. The maximum absolute atomic E-state index is 4.70. The van der Waals surface area contributed by atoms with Crippen LogP contribution < -0.4 is 18.9 Å². The Balaban J connectivity index is 0.000000137. The number of hydrogen-bond acceptors (Lipinski definition) is 4. The van der Waals surface area contributed by atoms with Crippen molar-refractivity contribution in [3.8, 4) is 39.6 Å². The monoisotopic (exact) mass is 1150 g/mol. The zero-order chi connectivity index (χ0) is 48.5. The molecule has 0 bridgehead atoms. The second-order valence-electron chi connectivity index (χ2n) is 19.2. The quantitative estimate of drug-likeness (QED) is 0.131. The van der Waals surface area contributed by atoms with E-state index in [2.05, 4.69) is 241 Å². The van der Waals surface area contributed by atoms with Crippen LogP contribution in [0.4, 0.5) is 34.1 Å². The Kier molecular flexibility index (Phi) is 10.4. The van der Waals surface area contributed by atoms with Crippen LogP contribution in [0.15, 0.2) is 225 Å². The third-order valence-electron chi connectivity index (χ3n) is 15.4. The van der Waals surface area contributed by atoms with E-state index in [0.29, 0.717) is 0 Å². The van der Waals surface area contributed by atoms with Gasteiger partial charge in [-0.15, -0.1) is 50.4 Å². The van der Waals surface area contributed by atoms with Gasteiger partial charge in [-0.25, -0.2) is 4.98 Å². The Hall–Kier alpha value is -9.29. The van der Waals surface area contributed by atoms with E-state index in [4.69, 9.17) is 4.98 Å². The van der Waals surface area contributed by atoms with E-state index in [1.807, 2.05) is 48.8 Å². The average molecular weight is 1160 g/mol. The van der Waals surface area contributed by atoms with Gasteiger partial charge in [-0.05, 0) is 100 Å². The van der Waals surface area contributed by atoms with Crippen LogP contribution in [-0.2, 0) is 26.7 Å². The van der Waals surface area contributed by atoms with Crippen LogP contribution in [0.3, 0.4) is 0 Å². The Morgan fingerprint density at radius 2 is 1.08 bits per heavy atom. The Bertz CT molecular complexity index is 4400. The molecule has 360 valence electrons. The minimum atomic E-state index is -0.441. The number of hydrogen-bond donors (Lipinski definition) is 0. The third-order valence-corrected chi connectivity index (χ3v) is 15.4. The van der Waals surface area contributed by atoms with Gasteiger partial charge in [-0.3, -0.25) is 0 Å². The number of rotatable bonds is 3. The summed E-state index contributed by atoms with van der Waals surface area (Å²) in [5.74, 6) is 0.865. The van der Waals surface area contributed by atoms with Crippen LogP contribution in [0.2, 0.25) is 0 Å². The molecule has 0 aliphatic carbocycles. The van der Waals surface area contributed by atoms with Gasteiger partial charge in [0.2, 0.25) is 11.4 Å². The van der Waals surface area contributed by atoms with Crippen LogP contribution in [0.25, 0.3) is 85.7 Å². The molecule has 8 heteroatoms. The molecule has 76 heavy (non-hydrogen) atoms. The number of pyridine rings is 4. The molecule has 0 radical (unpaired) electrons. The predicted octanol–water partition coefficient (Wildman–Crippen LogP) is 15.2. The zero-order valence-electron chi connectivity index (χ0n) is 40.1. The normalized spacial score (nSPS) is 14.8.